The van der Waals surface area contributed by atoms with Crippen LogP contribution < -0.4 is 24.7 Å². The lowest BCUT2D eigenvalue weighted by molar-refractivity contribution is 0.0984. The summed E-state index contributed by atoms with van der Waals surface area (Å²) in [6.45, 7) is 4.08. The Bertz CT molecular complexity index is 1430. The first-order valence-electron chi connectivity index (χ1n) is 11.2. The van der Waals surface area contributed by atoms with Crippen LogP contribution in [0.3, 0.4) is 0 Å². The molecule has 180 valence electrons. The molecule has 7 nitrogen and oxygen atoms in total. The van der Waals surface area contributed by atoms with Crippen molar-refractivity contribution < 1.29 is 19.0 Å². The lowest BCUT2D eigenvalue weighted by Gasteiger charge is -2.24. The second-order valence-electron chi connectivity index (χ2n) is 8.28. The van der Waals surface area contributed by atoms with Crippen LogP contribution in [0.1, 0.15) is 27.0 Å². The number of nitrogens with zero attached hydrogens (tertiary/aromatic N) is 1. The molecule has 3 aromatic carbocycles. The number of fused-ring (bicyclic) bond motifs is 1. The van der Waals surface area contributed by atoms with E-state index in [9.17, 15) is 9.59 Å². The first kappa shape index (κ1) is 23.9. The number of benzene rings is 3. The molecule has 0 saturated heterocycles. The Morgan fingerprint density at radius 3 is 2.17 bits per heavy atom. The van der Waals surface area contributed by atoms with Crippen LogP contribution in [0.5, 0.6) is 17.2 Å². The number of aryl methyl sites for hydroxylation is 2. The fraction of sp³-hybridized carbons (Fsp3) is 0.214. The number of aromatic amines is 1. The number of carbonyl (C=O) groups is 1. The second-order valence-corrected chi connectivity index (χ2v) is 8.28. The van der Waals surface area contributed by atoms with Gasteiger partial charge in [-0.2, -0.15) is 0 Å². The Morgan fingerprint density at radius 1 is 0.857 bits per heavy atom. The molecule has 7 heteroatoms. The molecule has 1 heterocycles. The molecule has 0 unspecified atom stereocenters. The minimum Gasteiger partial charge on any atom is -0.493 e. The van der Waals surface area contributed by atoms with Gasteiger partial charge in [-0.15, -0.1) is 0 Å². The van der Waals surface area contributed by atoms with Gasteiger partial charge in [0, 0.05) is 22.3 Å². The Labute approximate surface area is 203 Å². The highest BCUT2D eigenvalue weighted by molar-refractivity contribution is 6.07. The number of H-pyrrole nitrogens is 1. The van der Waals surface area contributed by atoms with Crippen molar-refractivity contribution in [1.29, 1.82) is 0 Å². The maximum atomic E-state index is 13.9. The van der Waals surface area contributed by atoms with E-state index >= 15 is 0 Å². The summed E-state index contributed by atoms with van der Waals surface area (Å²) >= 11 is 0. The molecule has 0 fully saturated rings. The molecule has 0 aliphatic carbocycles. The predicted octanol–water partition coefficient (Wildman–Crippen LogP) is 5.02. The molecule has 0 atom stereocenters. The molecule has 1 amide bonds. The van der Waals surface area contributed by atoms with Gasteiger partial charge in [0.05, 0.1) is 27.9 Å². The topological polar surface area (TPSA) is 80.9 Å². The van der Waals surface area contributed by atoms with Crippen LogP contribution in [0.15, 0.2) is 65.5 Å². The zero-order valence-corrected chi connectivity index (χ0v) is 20.5. The zero-order valence-electron chi connectivity index (χ0n) is 20.5. The van der Waals surface area contributed by atoms with Crippen molar-refractivity contribution in [3.05, 3.63) is 93.3 Å². The summed E-state index contributed by atoms with van der Waals surface area (Å²) in [6, 6.07) is 18.4. The minimum absolute atomic E-state index is 0.0815. The normalized spacial score (nSPS) is 10.8. The Balaban J connectivity index is 1.84. The third kappa shape index (κ3) is 4.71. The average molecular weight is 473 g/mol. The average Bonchev–Trinajstić information content (AvgIpc) is 2.87. The summed E-state index contributed by atoms with van der Waals surface area (Å²) in [4.78, 5) is 31.3. The molecular formula is C28H28N2O5. The molecule has 4 aromatic rings. The summed E-state index contributed by atoms with van der Waals surface area (Å²) in [6.07, 6.45) is 0. The Hall–Kier alpha value is -4.26. The standard InChI is InChI=1S/C28H28N2O5/c1-17-10-11-22(12-18(17)2)30(16-21-13-19-8-6-7-9-23(19)29-27(21)31)28(32)20-14-24(33-3)26(35-5)25(15-20)34-4/h6-15H,16H2,1-5H3,(H,29,31). The Morgan fingerprint density at radius 2 is 1.54 bits per heavy atom. The van der Waals surface area contributed by atoms with Crippen molar-refractivity contribution in [3.63, 3.8) is 0 Å². The fourth-order valence-electron chi connectivity index (χ4n) is 4.01. The number of hydrogen-bond donors (Lipinski definition) is 1. The number of aromatic nitrogens is 1. The number of hydrogen-bond acceptors (Lipinski definition) is 5. The van der Waals surface area contributed by atoms with Crippen LogP contribution in [-0.2, 0) is 6.54 Å². The van der Waals surface area contributed by atoms with Crippen LogP contribution in [0.4, 0.5) is 5.69 Å². The number of methoxy groups -OCH3 is 3. The van der Waals surface area contributed by atoms with Crippen LogP contribution >= 0.6 is 0 Å². The molecule has 0 saturated carbocycles. The number of ether oxygens (including phenoxy) is 3. The molecule has 0 aliphatic heterocycles. The summed E-state index contributed by atoms with van der Waals surface area (Å²) in [5, 5.41) is 0.891. The van der Waals surface area contributed by atoms with Crippen molar-refractivity contribution in [1.82, 2.24) is 4.98 Å². The lowest BCUT2D eigenvalue weighted by atomic mass is 10.1. The second kappa shape index (κ2) is 9.93. The summed E-state index contributed by atoms with van der Waals surface area (Å²) in [5.41, 5.74) is 4.15. The monoisotopic (exact) mass is 472 g/mol. The number of amides is 1. The summed E-state index contributed by atoms with van der Waals surface area (Å²) in [5.74, 6) is 0.841. The summed E-state index contributed by atoms with van der Waals surface area (Å²) < 4.78 is 16.3. The van der Waals surface area contributed by atoms with E-state index in [0.29, 0.717) is 34.1 Å². The predicted molar refractivity (Wildman–Crippen MR) is 137 cm³/mol. The molecule has 0 spiro atoms. The molecule has 1 aromatic heterocycles. The van der Waals surface area contributed by atoms with Gasteiger partial charge in [0.15, 0.2) is 11.5 Å². The number of rotatable bonds is 7. The lowest BCUT2D eigenvalue weighted by Crippen LogP contribution is -2.33. The molecule has 1 N–H and O–H groups in total. The van der Waals surface area contributed by atoms with E-state index in [2.05, 4.69) is 4.98 Å². The van der Waals surface area contributed by atoms with Gasteiger partial charge in [-0.05, 0) is 66.8 Å². The van der Waals surface area contributed by atoms with Gasteiger partial charge in [-0.1, -0.05) is 24.3 Å². The number of nitrogens with one attached hydrogen (secondary N) is 1. The largest absolute Gasteiger partial charge is 0.493 e. The van der Waals surface area contributed by atoms with Crippen LogP contribution in [0.2, 0.25) is 0 Å². The molecule has 4 rings (SSSR count). The molecule has 35 heavy (non-hydrogen) atoms. The number of carbonyl (C=O) groups excluding carboxylic acids is 1. The zero-order chi connectivity index (χ0) is 25.1. The van der Waals surface area contributed by atoms with Crippen molar-refractivity contribution >= 4 is 22.5 Å². The molecular weight excluding hydrogens is 444 g/mol. The molecule has 0 bridgehead atoms. The van der Waals surface area contributed by atoms with E-state index in [1.54, 1.807) is 17.0 Å². The highest BCUT2D eigenvalue weighted by Crippen LogP contribution is 2.39. The highest BCUT2D eigenvalue weighted by atomic mass is 16.5. The van der Waals surface area contributed by atoms with Gasteiger partial charge in [0.2, 0.25) is 5.75 Å². The molecule has 0 radical (unpaired) electrons. The van der Waals surface area contributed by atoms with Crippen molar-refractivity contribution in [3.8, 4) is 17.2 Å². The quantitative estimate of drug-likeness (QED) is 0.409. The van der Waals surface area contributed by atoms with Crippen LogP contribution in [0, 0.1) is 13.8 Å². The van der Waals surface area contributed by atoms with Gasteiger partial charge in [-0.25, -0.2) is 0 Å². The SMILES string of the molecule is COc1cc(C(=O)N(Cc2cc3ccccc3[nH]c2=O)c2ccc(C)c(C)c2)cc(OC)c1OC. The number of anilines is 1. The van der Waals surface area contributed by atoms with Gasteiger partial charge in [-0.3, -0.25) is 9.59 Å². The maximum absolute atomic E-state index is 13.9. The first-order valence-corrected chi connectivity index (χ1v) is 11.2. The van der Waals surface area contributed by atoms with Crippen molar-refractivity contribution in [2.75, 3.05) is 26.2 Å². The maximum Gasteiger partial charge on any atom is 0.258 e. The Kier molecular flexibility index (Phi) is 6.78. The number of pyridine rings is 1. The van der Waals surface area contributed by atoms with E-state index < -0.39 is 0 Å². The smallest absolute Gasteiger partial charge is 0.258 e. The van der Waals surface area contributed by atoms with Crippen LogP contribution in [-0.4, -0.2) is 32.2 Å². The first-order chi connectivity index (χ1) is 16.9. The van der Waals surface area contributed by atoms with Crippen LogP contribution in [0.25, 0.3) is 10.9 Å². The summed E-state index contributed by atoms with van der Waals surface area (Å²) in [7, 11) is 4.51. The third-order valence-electron chi connectivity index (χ3n) is 6.12. The van der Waals surface area contributed by atoms with E-state index in [0.717, 1.165) is 22.0 Å². The van der Waals surface area contributed by atoms with Gasteiger partial charge in [0.25, 0.3) is 11.5 Å². The van der Waals surface area contributed by atoms with Gasteiger partial charge < -0.3 is 24.1 Å². The van der Waals surface area contributed by atoms with E-state index in [-0.39, 0.29) is 18.0 Å². The van der Waals surface area contributed by atoms with Crippen molar-refractivity contribution in [2.24, 2.45) is 0 Å². The molecule has 0 aliphatic rings. The van der Waals surface area contributed by atoms with Gasteiger partial charge in [0.1, 0.15) is 0 Å². The van der Waals surface area contributed by atoms with Gasteiger partial charge >= 0.3 is 0 Å². The third-order valence-corrected chi connectivity index (χ3v) is 6.12. The number of para-hydroxylation sites is 1. The fourth-order valence-corrected chi connectivity index (χ4v) is 4.01. The minimum atomic E-state index is -0.305. The van der Waals surface area contributed by atoms with Crippen molar-refractivity contribution in [2.45, 2.75) is 20.4 Å². The van der Waals surface area contributed by atoms with E-state index in [4.69, 9.17) is 14.2 Å². The van der Waals surface area contributed by atoms with E-state index in [1.807, 2.05) is 62.4 Å². The van der Waals surface area contributed by atoms with E-state index in [1.165, 1.54) is 21.3 Å². The highest BCUT2D eigenvalue weighted by Gasteiger charge is 2.24.